The summed E-state index contributed by atoms with van der Waals surface area (Å²) in [6.45, 7) is 0.514. The lowest BCUT2D eigenvalue weighted by Gasteiger charge is -2.18. The second kappa shape index (κ2) is 5.45. The van der Waals surface area contributed by atoms with E-state index in [1.807, 2.05) is 0 Å². The Hall–Kier alpha value is -1.47. The maximum Gasteiger partial charge on any atom is 0.337 e. The van der Waals surface area contributed by atoms with E-state index in [2.05, 4.69) is 21.2 Å². The molecule has 0 aliphatic heterocycles. The second-order valence-electron chi connectivity index (χ2n) is 3.86. The highest BCUT2D eigenvalue weighted by Crippen LogP contribution is 2.18. The molecule has 1 unspecified atom stereocenters. The highest BCUT2D eigenvalue weighted by Gasteiger charge is 2.30. The number of halogens is 2. The van der Waals surface area contributed by atoms with Crippen molar-refractivity contribution in [2.45, 2.75) is 12.5 Å². The molecule has 5 nitrogen and oxygen atoms in total. The van der Waals surface area contributed by atoms with E-state index in [4.69, 9.17) is 5.11 Å². The van der Waals surface area contributed by atoms with Gasteiger partial charge >= 0.3 is 5.97 Å². The van der Waals surface area contributed by atoms with Gasteiger partial charge in [-0.2, -0.15) is 0 Å². The fourth-order valence-corrected chi connectivity index (χ4v) is 1.47. The van der Waals surface area contributed by atoms with Crippen LogP contribution in [0.2, 0.25) is 0 Å². The van der Waals surface area contributed by atoms with Crippen molar-refractivity contribution < 1.29 is 24.2 Å². The van der Waals surface area contributed by atoms with Crippen LogP contribution < -0.4 is 5.32 Å². The fraction of sp³-hybridized carbons (Fsp3) is 0.273. The molecule has 0 aliphatic rings. The fourth-order valence-electron chi connectivity index (χ4n) is 1.10. The van der Waals surface area contributed by atoms with E-state index in [0.29, 0.717) is 0 Å². The Kier molecular flexibility index (Phi) is 4.42. The van der Waals surface area contributed by atoms with E-state index in [0.717, 1.165) is 6.92 Å². The third-order valence-electron chi connectivity index (χ3n) is 2.25. The first-order chi connectivity index (χ1) is 8.25. The summed E-state index contributed by atoms with van der Waals surface area (Å²) in [4.78, 5) is 22.2. The van der Waals surface area contributed by atoms with Gasteiger partial charge in [0.15, 0.2) is 5.60 Å². The van der Waals surface area contributed by atoms with Gasteiger partial charge in [-0.25, -0.2) is 9.18 Å². The van der Waals surface area contributed by atoms with Crippen molar-refractivity contribution in [3.05, 3.63) is 34.1 Å². The molecular weight excluding hydrogens is 309 g/mol. The normalized spacial score (nSPS) is 13.8. The zero-order valence-electron chi connectivity index (χ0n) is 9.41. The molecule has 18 heavy (non-hydrogen) atoms. The Balaban J connectivity index is 2.78. The molecule has 1 rings (SSSR count). The van der Waals surface area contributed by atoms with Crippen LogP contribution in [-0.2, 0) is 4.79 Å². The van der Waals surface area contributed by atoms with Crippen molar-refractivity contribution >= 4 is 27.8 Å². The summed E-state index contributed by atoms with van der Waals surface area (Å²) in [6.07, 6.45) is 0. The van der Waals surface area contributed by atoms with Crippen molar-refractivity contribution in [3.63, 3.8) is 0 Å². The number of benzene rings is 1. The van der Waals surface area contributed by atoms with Crippen LogP contribution in [0, 0.1) is 5.82 Å². The number of rotatable bonds is 4. The van der Waals surface area contributed by atoms with E-state index in [1.54, 1.807) is 0 Å². The molecule has 98 valence electrons. The third-order valence-corrected chi connectivity index (χ3v) is 2.86. The molecule has 1 aromatic rings. The number of hydrogen-bond acceptors (Lipinski definition) is 3. The lowest BCUT2D eigenvalue weighted by molar-refractivity contribution is -0.155. The third kappa shape index (κ3) is 3.27. The van der Waals surface area contributed by atoms with Crippen molar-refractivity contribution in [1.29, 1.82) is 0 Å². The van der Waals surface area contributed by atoms with Crippen LogP contribution in [0.15, 0.2) is 22.7 Å². The summed E-state index contributed by atoms with van der Waals surface area (Å²) in [5.41, 5.74) is -2.33. The minimum atomic E-state index is -2.10. The van der Waals surface area contributed by atoms with Gasteiger partial charge in [0.2, 0.25) is 0 Å². The Labute approximate surface area is 111 Å². The average molecular weight is 320 g/mol. The van der Waals surface area contributed by atoms with Crippen LogP contribution in [0.1, 0.15) is 17.3 Å². The van der Waals surface area contributed by atoms with Gasteiger partial charge in [0.1, 0.15) is 5.82 Å². The molecule has 0 aromatic heterocycles. The molecule has 1 aromatic carbocycles. The Morgan fingerprint density at radius 1 is 1.50 bits per heavy atom. The van der Waals surface area contributed by atoms with Gasteiger partial charge in [-0.15, -0.1) is 0 Å². The number of aliphatic carboxylic acids is 1. The van der Waals surface area contributed by atoms with Crippen molar-refractivity contribution in [2.24, 2.45) is 0 Å². The number of carbonyl (C=O) groups is 2. The summed E-state index contributed by atoms with van der Waals surface area (Å²) < 4.78 is 13.7. The maximum absolute atomic E-state index is 13.5. The number of hydrogen-bond donors (Lipinski definition) is 3. The molecule has 0 bridgehead atoms. The van der Waals surface area contributed by atoms with Crippen LogP contribution in [-0.4, -0.2) is 34.2 Å². The number of carboxylic acids is 1. The summed E-state index contributed by atoms with van der Waals surface area (Å²) in [7, 11) is 0. The largest absolute Gasteiger partial charge is 0.479 e. The number of nitrogens with one attached hydrogen (secondary N) is 1. The average Bonchev–Trinajstić information content (AvgIpc) is 2.29. The van der Waals surface area contributed by atoms with Crippen LogP contribution >= 0.6 is 15.9 Å². The molecule has 0 heterocycles. The topological polar surface area (TPSA) is 86.6 Å². The van der Waals surface area contributed by atoms with Gasteiger partial charge in [0.25, 0.3) is 5.91 Å². The zero-order chi connectivity index (χ0) is 13.9. The smallest absolute Gasteiger partial charge is 0.337 e. The predicted octanol–water partition coefficient (Wildman–Crippen LogP) is 1.15. The quantitative estimate of drug-likeness (QED) is 0.777. The Morgan fingerprint density at radius 3 is 2.67 bits per heavy atom. The van der Waals surface area contributed by atoms with Gasteiger partial charge in [0.05, 0.1) is 16.6 Å². The Morgan fingerprint density at radius 2 is 2.11 bits per heavy atom. The van der Waals surface area contributed by atoms with Gasteiger partial charge in [0, 0.05) is 0 Å². The second-order valence-corrected chi connectivity index (χ2v) is 4.72. The molecule has 0 spiro atoms. The van der Waals surface area contributed by atoms with Crippen molar-refractivity contribution in [3.8, 4) is 0 Å². The number of aliphatic hydroxyl groups is 1. The molecule has 0 radical (unpaired) electrons. The first kappa shape index (κ1) is 14.6. The lowest BCUT2D eigenvalue weighted by atomic mass is 10.1. The molecule has 7 heteroatoms. The SMILES string of the molecule is CC(O)(CNC(=O)c1cccc(Br)c1F)C(=O)O. The summed E-state index contributed by atoms with van der Waals surface area (Å²) in [5, 5.41) is 20.2. The molecule has 1 amide bonds. The monoisotopic (exact) mass is 319 g/mol. The molecule has 1 atom stereocenters. The van der Waals surface area contributed by atoms with Crippen LogP contribution in [0.5, 0.6) is 0 Å². The van der Waals surface area contributed by atoms with Gasteiger partial charge < -0.3 is 15.5 Å². The van der Waals surface area contributed by atoms with Crippen molar-refractivity contribution in [1.82, 2.24) is 5.32 Å². The summed E-state index contributed by atoms with van der Waals surface area (Å²) in [5.74, 6) is -3.02. The minimum absolute atomic E-state index is 0.125. The first-order valence-electron chi connectivity index (χ1n) is 4.93. The zero-order valence-corrected chi connectivity index (χ0v) is 11.0. The first-order valence-corrected chi connectivity index (χ1v) is 5.73. The summed E-state index contributed by atoms with van der Waals surface area (Å²) >= 11 is 2.93. The van der Waals surface area contributed by atoms with Gasteiger partial charge in [-0.3, -0.25) is 4.79 Å². The van der Waals surface area contributed by atoms with E-state index in [1.165, 1.54) is 18.2 Å². The van der Waals surface area contributed by atoms with E-state index < -0.39 is 29.8 Å². The van der Waals surface area contributed by atoms with Gasteiger partial charge in [-0.1, -0.05) is 6.07 Å². The number of amides is 1. The summed E-state index contributed by atoms with van der Waals surface area (Å²) in [6, 6.07) is 4.15. The maximum atomic E-state index is 13.5. The number of carboxylic acid groups (broad SMARTS) is 1. The molecule has 0 aliphatic carbocycles. The molecule has 0 saturated heterocycles. The van der Waals surface area contributed by atoms with E-state index in [9.17, 15) is 19.1 Å². The molecule has 0 fully saturated rings. The highest BCUT2D eigenvalue weighted by atomic mass is 79.9. The van der Waals surface area contributed by atoms with Crippen LogP contribution in [0.4, 0.5) is 4.39 Å². The van der Waals surface area contributed by atoms with Gasteiger partial charge in [-0.05, 0) is 35.0 Å². The van der Waals surface area contributed by atoms with E-state index >= 15 is 0 Å². The van der Waals surface area contributed by atoms with Crippen LogP contribution in [0.3, 0.4) is 0 Å². The molecule has 0 saturated carbocycles. The molecular formula is C11H11BrFNO4. The van der Waals surface area contributed by atoms with Crippen molar-refractivity contribution in [2.75, 3.05) is 6.54 Å². The predicted molar refractivity (Wildman–Crippen MR) is 64.7 cm³/mol. The van der Waals surface area contributed by atoms with Crippen LogP contribution in [0.25, 0.3) is 0 Å². The van der Waals surface area contributed by atoms with E-state index in [-0.39, 0.29) is 10.0 Å². The Bertz CT molecular complexity index is 490. The lowest BCUT2D eigenvalue weighted by Crippen LogP contribution is -2.46. The molecule has 3 N–H and O–H groups in total. The number of carbonyl (C=O) groups excluding carboxylic acids is 1. The minimum Gasteiger partial charge on any atom is -0.479 e. The highest BCUT2D eigenvalue weighted by molar-refractivity contribution is 9.10. The standard InChI is InChI=1S/C11H11BrFNO4/c1-11(18,10(16)17)5-14-9(15)6-3-2-4-7(12)8(6)13/h2-4,18H,5H2,1H3,(H,14,15)(H,16,17).